The van der Waals surface area contributed by atoms with Crippen LogP contribution in [0.15, 0.2) is 39.3 Å². The number of aliphatic carboxylic acids is 1. The lowest BCUT2D eigenvalue weighted by Crippen LogP contribution is -2.07. The summed E-state index contributed by atoms with van der Waals surface area (Å²) in [6, 6.07) is 9.49. The third-order valence-corrected chi connectivity index (χ3v) is 3.16. The molecule has 1 N–H and O–H groups in total. The Hall–Kier alpha value is -2.63. The minimum absolute atomic E-state index is 0.0635. The lowest BCUT2D eigenvalue weighted by atomic mass is 10.0. The van der Waals surface area contributed by atoms with Crippen molar-refractivity contribution in [2.75, 3.05) is 0 Å². The maximum atomic E-state index is 10.6. The number of furan rings is 1. The molecule has 0 bridgehead atoms. The second-order valence-corrected chi connectivity index (χ2v) is 5.07. The Morgan fingerprint density at radius 3 is 2.95 bits per heavy atom. The van der Waals surface area contributed by atoms with Gasteiger partial charge in [-0.3, -0.25) is 4.79 Å². The van der Waals surface area contributed by atoms with Crippen molar-refractivity contribution in [3.63, 3.8) is 0 Å². The third-order valence-electron chi connectivity index (χ3n) is 3.16. The summed E-state index contributed by atoms with van der Waals surface area (Å²) in [7, 11) is 0. The number of carbonyl (C=O) groups is 1. The van der Waals surface area contributed by atoms with E-state index in [0.717, 1.165) is 11.0 Å². The Bertz CT molecular complexity index is 742. The number of para-hydroxylation sites is 1. The Balaban J connectivity index is 1.79. The first-order valence-electron chi connectivity index (χ1n) is 6.65. The van der Waals surface area contributed by atoms with Gasteiger partial charge in [0.2, 0.25) is 11.7 Å². The van der Waals surface area contributed by atoms with E-state index in [1.54, 1.807) is 0 Å². The topological polar surface area (TPSA) is 89.4 Å². The van der Waals surface area contributed by atoms with Gasteiger partial charge >= 0.3 is 5.97 Å². The van der Waals surface area contributed by atoms with Crippen molar-refractivity contribution in [1.82, 2.24) is 10.1 Å². The highest BCUT2D eigenvalue weighted by atomic mass is 16.5. The quantitative estimate of drug-likeness (QED) is 0.775. The van der Waals surface area contributed by atoms with Crippen LogP contribution in [-0.4, -0.2) is 21.2 Å². The molecule has 0 radical (unpaired) electrons. The summed E-state index contributed by atoms with van der Waals surface area (Å²) in [4.78, 5) is 14.9. The summed E-state index contributed by atoms with van der Waals surface area (Å²) in [5.41, 5.74) is 0.762. The molecule has 6 nitrogen and oxygen atoms in total. The predicted molar refractivity (Wildman–Crippen MR) is 74.6 cm³/mol. The fraction of sp³-hybridized carbons (Fsp3) is 0.267. The molecule has 0 saturated heterocycles. The summed E-state index contributed by atoms with van der Waals surface area (Å²) >= 11 is 0. The van der Waals surface area contributed by atoms with Crippen LogP contribution < -0.4 is 0 Å². The minimum atomic E-state index is -0.834. The Kier molecular flexibility index (Phi) is 3.43. The van der Waals surface area contributed by atoms with Crippen molar-refractivity contribution in [3.8, 4) is 11.6 Å². The van der Waals surface area contributed by atoms with Gasteiger partial charge in [0.05, 0.1) is 0 Å². The Morgan fingerprint density at radius 2 is 2.19 bits per heavy atom. The average Bonchev–Trinajstić information content (AvgIpc) is 3.03. The van der Waals surface area contributed by atoms with E-state index in [1.807, 2.05) is 37.3 Å². The van der Waals surface area contributed by atoms with Crippen LogP contribution in [0.1, 0.15) is 19.2 Å². The third kappa shape index (κ3) is 2.94. The summed E-state index contributed by atoms with van der Waals surface area (Å²) in [5.74, 6) is 0.436. The number of carboxylic acid groups (broad SMARTS) is 1. The standard InChI is InChI=1S/C15H14N2O4/c1-9(7-14(18)19)6-13-16-15(17-21-13)12-8-10-4-2-3-5-11(10)20-12/h2-5,8-9H,6-7H2,1H3,(H,18,19). The van der Waals surface area contributed by atoms with Crippen LogP contribution in [0.5, 0.6) is 0 Å². The van der Waals surface area contributed by atoms with Gasteiger partial charge in [-0.15, -0.1) is 0 Å². The van der Waals surface area contributed by atoms with Gasteiger partial charge in [-0.1, -0.05) is 30.3 Å². The van der Waals surface area contributed by atoms with E-state index in [4.69, 9.17) is 14.0 Å². The van der Waals surface area contributed by atoms with E-state index in [1.165, 1.54) is 0 Å². The molecule has 0 amide bonds. The van der Waals surface area contributed by atoms with Gasteiger partial charge in [-0.05, 0) is 18.1 Å². The van der Waals surface area contributed by atoms with Crippen molar-refractivity contribution in [1.29, 1.82) is 0 Å². The Morgan fingerprint density at radius 1 is 1.38 bits per heavy atom. The minimum Gasteiger partial charge on any atom is -0.481 e. The zero-order valence-corrected chi connectivity index (χ0v) is 11.4. The van der Waals surface area contributed by atoms with E-state index >= 15 is 0 Å². The highest BCUT2D eigenvalue weighted by molar-refractivity contribution is 5.81. The SMILES string of the molecule is CC(CC(=O)O)Cc1nc(-c2cc3ccccc3o2)no1. The zero-order valence-electron chi connectivity index (χ0n) is 11.4. The smallest absolute Gasteiger partial charge is 0.303 e. The van der Waals surface area contributed by atoms with Crippen molar-refractivity contribution in [2.45, 2.75) is 19.8 Å². The van der Waals surface area contributed by atoms with Crippen LogP contribution in [0.4, 0.5) is 0 Å². The van der Waals surface area contributed by atoms with Gasteiger partial charge < -0.3 is 14.0 Å². The fourth-order valence-corrected chi connectivity index (χ4v) is 2.20. The molecule has 0 fully saturated rings. The second-order valence-electron chi connectivity index (χ2n) is 5.07. The van der Waals surface area contributed by atoms with Gasteiger partial charge in [0, 0.05) is 18.2 Å². The maximum absolute atomic E-state index is 10.6. The van der Waals surface area contributed by atoms with Crippen molar-refractivity contribution in [3.05, 3.63) is 36.2 Å². The summed E-state index contributed by atoms with van der Waals surface area (Å²) < 4.78 is 10.8. The van der Waals surface area contributed by atoms with Crippen LogP contribution in [-0.2, 0) is 11.2 Å². The lowest BCUT2D eigenvalue weighted by Gasteiger charge is -2.02. The lowest BCUT2D eigenvalue weighted by molar-refractivity contribution is -0.137. The zero-order chi connectivity index (χ0) is 14.8. The first kappa shape index (κ1) is 13.4. The largest absolute Gasteiger partial charge is 0.481 e. The molecule has 1 atom stereocenters. The highest BCUT2D eigenvalue weighted by Gasteiger charge is 2.16. The van der Waals surface area contributed by atoms with E-state index in [9.17, 15) is 4.79 Å². The number of hydrogen-bond donors (Lipinski definition) is 1. The Labute approximate surface area is 120 Å². The van der Waals surface area contributed by atoms with Crippen LogP contribution >= 0.6 is 0 Å². The molecule has 3 rings (SSSR count). The molecular formula is C15H14N2O4. The number of hydrogen-bond acceptors (Lipinski definition) is 5. The molecule has 3 aromatic rings. The predicted octanol–water partition coefficient (Wildman–Crippen LogP) is 3.14. The molecule has 0 saturated carbocycles. The first-order valence-corrected chi connectivity index (χ1v) is 6.65. The summed E-state index contributed by atoms with van der Waals surface area (Å²) in [6.07, 6.45) is 0.502. The molecule has 6 heteroatoms. The number of nitrogens with zero attached hydrogens (tertiary/aromatic N) is 2. The summed E-state index contributed by atoms with van der Waals surface area (Å²) in [6.45, 7) is 1.83. The van der Waals surface area contributed by atoms with Crippen LogP contribution in [0.3, 0.4) is 0 Å². The van der Waals surface area contributed by atoms with Gasteiger partial charge in [0.15, 0.2) is 5.76 Å². The van der Waals surface area contributed by atoms with E-state index in [-0.39, 0.29) is 12.3 Å². The summed E-state index contributed by atoms with van der Waals surface area (Å²) in [5, 5.41) is 13.6. The number of rotatable bonds is 5. The number of carboxylic acids is 1. The number of benzene rings is 1. The molecule has 108 valence electrons. The van der Waals surface area contributed by atoms with E-state index in [0.29, 0.717) is 23.9 Å². The second kappa shape index (κ2) is 5.40. The van der Waals surface area contributed by atoms with Crippen LogP contribution in [0.25, 0.3) is 22.6 Å². The number of aromatic nitrogens is 2. The van der Waals surface area contributed by atoms with E-state index < -0.39 is 5.97 Å². The van der Waals surface area contributed by atoms with Crippen LogP contribution in [0.2, 0.25) is 0 Å². The molecule has 0 spiro atoms. The normalized spacial score (nSPS) is 12.6. The molecule has 0 aliphatic carbocycles. The van der Waals surface area contributed by atoms with Gasteiger partial charge in [-0.2, -0.15) is 4.98 Å². The monoisotopic (exact) mass is 286 g/mol. The van der Waals surface area contributed by atoms with Gasteiger partial charge in [0.1, 0.15) is 5.58 Å². The first-order chi connectivity index (χ1) is 10.1. The molecular weight excluding hydrogens is 272 g/mol. The molecule has 0 aliphatic heterocycles. The number of fused-ring (bicyclic) bond motifs is 1. The maximum Gasteiger partial charge on any atom is 0.303 e. The van der Waals surface area contributed by atoms with Crippen molar-refractivity contribution < 1.29 is 18.8 Å². The fourth-order valence-electron chi connectivity index (χ4n) is 2.20. The van der Waals surface area contributed by atoms with Crippen molar-refractivity contribution in [2.24, 2.45) is 5.92 Å². The average molecular weight is 286 g/mol. The molecule has 2 aromatic heterocycles. The molecule has 0 aliphatic rings. The van der Waals surface area contributed by atoms with Crippen LogP contribution in [0, 0.1) is 5.92 Å². The molecule has 21 heavy (non-hydrogen) atoms. The van der Waals surface area contributed by atoms with Crippen molar-refractivity contribution >= 4 is 16.9 Å². The van der Waals surface area contributed by atoms with E-state index in [2.05, 4.69) is 10.1 Å². The van der Waals surface area contributed by atoms with Gasteiger partial charge in [0.25, 0.3) is 0 Å². The highest BCUT2D eigenvalue weighted by Crippen LogP contribution is 2.26. The van der Waals surface area contributed by atoms with Gasteiger partial charge in [-0.25, -0.2) is 0 Å². The molecule has 1 unspecified atom stereocenters. The molecule has 1 aromatic carbocycles. The molecule has 2 heterocycles.